The third kappa shape index (κ3) is 2.75. The molecule has 3 atom stereocenters. The minimum atomic E-state index is -0.101. The van der Waals surface area contributed by atoms with Crippen molar-refractivity contribution in [2.45, 2.75) is 44.2 Å². The van der Waals surface area contributed by atoms with Crippen molar-refractivity contribution >= 4 is 22.5 Å². The average molecular weight is 327 g/mol. The summed E-state index contributed by atoms with van der Waals surface area (Å²) < 4.78 is 0. The van der Waals surface area contributed by atoms with Gasteiger partial charge in [0.1, 0.15) is 0 Å². The number of nitrogen functional groups attached to an aromatic ring is 1. The number of carbonyl (C=O) groups is 1. The zero-order valence-corrected chi connectivity index (χ0v) is 14.1. The lowest BCUT2D eigenvalue weighted by atomic mass is 9.98. The quantitative estimate of drug-likeness (QED) is 0.738. The Hall–Kier alpha value is -2.08. The largest absolute Gasteiger partial charge is 0.399 e. The summed E-state index contributed by atoms with van der Waals surface area (Å²) in [7, 11) is 2.22. The van der Waals surface area contributed by atoms with Gasteiger partial charge in [-0.15, -0.1) is 0 Å². The van der Waals surface area contributed by atoms with Gasteiger partial charge in [-0.2, -0.15) is 5.10 Å². The fourth-order valence-corrected chi connectivity index (χ4v) is 4.46. The number of H-pyrrole nitrogens is 1. The number of hydrogen-bond acceptors (Lipinski definition) is 4. The summed E-state index contributed by atoms with van der Waals surface area (Å²) in [4.78, 5) is 15.2. The number of nitrogens with zero attached hydrogens (tertiary/aromatic N) is 2. The van der Waals surface area contributed by atoms with Crippen LogP contribution in [0.25, 0.3) is 10.9 Å². The number of rotatable bonds is 2. The molecule has 1 aromatic carbocycles. The molecule has 6 nitrogen and oxygen atoms in total. The molecule has 128 valence electrons. The second-order valence-electron chi connectivity index (χ2n) is 7.32. The van der Waals surface area contributed by atoms with Gasteiger partial charge < -0.3 is 16.0 Å². The van der Waals surface area contributed by atoms with Gasteiger partial charge in [0, 0.05) is 23.2 Å². The number of hydrogen-bond donors (Lipinski definition) is 3. The fraction of sp³-hybridized carbons (Fsp3) is 0.556. The Morgan fingerprint density at radius 1 is 1.38 bits per heavy atom. The topological polar surface area (TPSA) is 87.0 Å². The molecule has 2 heterocycles. The van der Waals surface area contributed by atoms with Crippen LogP contribution in [0.1, 0.15) is 42.6 Å². The minimum absolute atomic E-state index is 0.101. The molecule has 4 rings (SSSR count). The number of benzene rings is 1. The molecule has 0 spiro atoms. The summed E-state index contributed by atoms with van der Waals surface area (Å²) in [5, 5.41) is 11.1. The summed E-state index contributed by atoms with van der Waals surface area (Å²) in [6, 6.07) is 6.31. The molecule has 2 aliphatic rings. The van der Waals surface area contributed by atoms with E-state index in [1.54, 1.807) is 6.07 Å². The first-order valence-corrected chi connectivity index (χ1v) is 8.86. The first-order chi connectivity index (χ1) is 11.6. The van der Waals surface area contributed by atoms with Gasteiger partial charge in [0.15, 0.2) is 5.69 Å². The maximum Gasteiger partial charge on any atom is 0.272 e. The van der Waals surface area contributed by atoms with Gasteiger partial charge in [-0.3, -0.25) is 9.89 Å². The monoisotopic (exact) mass is 327 g/mol. The highest BCUT2D eigenvalue weighted by Crippen LogP contribution is 2.35. The second-order valence-corrected chi connectivity index (χ2v) is 7.32. The summed E-state index contributed by atoms with van der Waals surface area (Å²) in [5.41, 5.74) is 7.77. The molecule has 4 N–H and O–H groups in total. The van der Waals surface area contributed by atoms with Gasteiger partial charge in [0.2, 0.25) is 0 Å². The van der Waals surface area contributed by atoms with E-state index in [2.05, 4.69) is 27.5 Å². The van der Waals surface area contributed by atoms with Crippen LogP contribution in [-0.2, 0) is 0 Å². The number of amides is 1. The average Bonchev–Trinajstić information content (AvgIpc) is 3.11. The molecule has 2 fully saturated rings. The number of nitrogens with two attached hydrogens (primary N) is 1. The van der Waals surface area contributed by atoms with Crippen LogP contribution in [0, 0.1) is 5.92 Å². The molecular weight excluding hydrogens is 302 g/mol. The number of likely N-dealkylation sites (tertiary alicyclic amines) is 1. The molecule has 1 saturated heterocycles. The predicted molar refractivity (Wildman–Crippen MR) is 94.8 cm³/mol. The van der Waals surface area contributed by atoms with Crippen molar-refractivity contribution in [3.05, 3.63) is 23.9 Å². The maximum atomic E-state index is 12.7. The molecule has 0 radical (unpaired) electrons. The van der Waals surface area contributed by atoms with Crippen molar-refractivity contribution < 1.29 is 4.79 Å². The summed E-state index contributed by atoms with van der Waals surface area (Å²) >= 11 is 0. The Kier molecular flexibility index (Phi) is 3.92. The van der Waals surface area contributed by atoms with E-state index < -0.39 is 0 Å². The van der Waals surface area contributed by atoms with Crippen LogP contribution in [0.2, 0.25) is 0 Å². The van der Waals surface area contributed by atoms with Gasteiger partial charge in [-0.25, -0.2) is 0 Å². The molecule has 0 bridgehead atoms. The summed E-state index contributed by atoms with van der Waals surface area (Å²) in [6.45, 7) is 1.17. The molecular formula is C18H25N5O. The smallest absolute Gasteiger partial charge is 0.272 e. The Morgan fingerprint density at radius 3 is 3.12 bits per heavy atom. The van der Waals surface area contributed by atoms with Crippen LogP contribution in [0.5, 0.6) is 0 Å². The van der Waals surface area contributed by atoms with Crippen molar-refractivity contribution in [3.63, 3.8) is 0 Å². The molecule has 2 aromatic rings. The highest BCUT2D eigenvalue weighted by atomic mass is 16.2. The third-order valence-electron chi connectivity index (χ3n) is 5.70. The molecule has 1 aromatic heterocycles. The van der Waals surface area contributed by atoms with Crippen molar-refractivity contribution in [1.29, 1.82) is 0 Å². The molecule has 1 aliphatic heterocycles. The second kappa shape index (κ2) is 6.09. The van der Waals surface area contributed by atoms with E-state index in [0.717, 1.165) is 23.7 Å². The van der Waals surface area contributed by atoms with Crippen LogP contribution in [0.15, 0.2) is 18.2 Å². The van der Waals surface area contributed by atoms with Crippen molar-refractivity contribution in [1.82, 2.24) is 20.4 Å². The zero-order valence-electron chi connectivity index (χ0n) is 14.1. The molecule has 2 unspecified atom stereocenters. The minimum Gasteiger partial charge on any atom is -0.399 e. The standard InChI is InChI=1S/C18H25N5O/c1-23-7-3-2-4-11-8-13(10-16(11)23)20-18(24)17-14-9-12(19)5-6-15(14)21-22-17/h5-6,9,11,13,16H,2-4,7-8,10,19H2,1H3,(H,20,24)(H,21,22)/t11?,13-,16?/m1/s1. The van der Waals surface area contributed by atoms with E-state index in [0.29, 0.717) is 23.3 Å². The molecule has 6 heteroatoms. The summed E-state index contributed by atoms with van der Waals surface area (Å²) in [5.74, 6) is 0.602. The number of nitrogens with one attached hydrogen (secondary N) is 2. The maximum absolute atomic E-state index is 12.7. The lowest BCUT2D eigenvalue weighted by molar-refractivity contribution is 0.0932. The van der Waals surface area contributed by atoms with Gasteiger partial charge in [-0.1, -0.05) is 6.42 Å². The molecule has 1 saturated carbocycles. The fourth-order valence-electron chi connectivity index (χ4n) is 4.46. The molecule has 24 heavy (non-hydrogen) atoms. The highest BCUT2D eigenvalue weighted by molar-refractivity contribution is 6.05. The lowest BCUT2D eigenvalue weighted by Gasteiger charge is -2.26. The zero-order chi connectivity index (χ0) is 16.7. The van der Waals surface area contributed by atoms with Gasteiger partial charge in [0.05, 0.1) is 5.52 Å². The van der Waals surface area contributed by atoms with E-state index in [4.69, 9.17) is 5.73 Å². The number of carbonyl (C=O) groups excluding carboxylic acids is 1. The number of fused-ring (bicyclic) bond motifs is 2. The van der Waals surface area contributed by atoms with E-state index in [1.807, 2.05) is 12.1 Å². The van der Waals surface area contributed by atoms with Crippen LogP contribution in [0.3, 0.4) is 0 Å². The van der Waals surface area contributed by atoms with Crippen molar-refractivity contribution in [2.24, 2.45) is 5.92 Å². The van der Waals surface area contributed by atoms with Gasteiger partial charge in [-0.05, 0) is 63.4 Å². The Labute approximate surface area is 141 Å². The first kappa shape index (κ1) is 15.4. The van der Waals surface area contributed by atoms with Crippen LogP contribution < -0.4 is 11.1 Å². The van der Waals surface area contributed by atoms with Gasteiger partial charge >= 0.3 is 0 Å². The summed E-state index contributed by atoms with van der Waals surface area (Å²) in [6.07, 6.45) is 5.99. The van der Waals surface area contributed by atoms with Crippen LogP contribution in [-0.4, -0.2) is 46.7 Å². The highest BCUT2D eigenvalue weighted by Gasteiger charge is 2.38. The lowest BCUT2D eigenvalue weighted by Crippen LogP contribution is -2.36. The Balaban J connectivity index is 1.49. The SMILES string of the molecule is CN1CCCCC2C[C@@H](NC(=O)c3n[nH]c4ccc(N)cc34)CC21. The van der Waals surface area contributed by atoms with Crippen LogP contribution >= 0.6 is 0 Å². The molecule has 1 amide bonds. The number of anilines is 1. The normalized spacial score (nSPS) is 27.8. The van der Waals surface area contributed by atoms with E-state index >= 15 is 0 Å². The Morgan fingerprint density at radius 2 is 2.25 bits per heavy atom. The number of aromatic amines is 1. The van der Waals surface area contributed by atoms with E-state index in [-0.39, 0.29) is 11.9 Å². The third-order valence-corrected chi connectivity index (χ3v) is 5.70. The van der Waals surface area contributed by atoms with Crippen LogP contribution in [0.4, 0.5) is 5.69 Å². The Bertz CT molecular complexity index is 755. The van der Waals surface area contributed by atoms with Crippen molar-refractivity contribution in [2.75, 3.05) is 19.3 Å². The molecule has 1 aliphatic carbocycles. The van der Waals surface area contributed by atoms with Gasteiger partial charge in [0.25, 0.3) is 5.91 Å². The number of aromatic nitrogens is 2. The first-order valence-electron chi connectivity index (χ1n) is 8.86. The van der Waals surface area contributed by atoms with Crippen molar-refractivity contribution in [3.8, 4) is 0 Å². The predicted octanol–water partition coefficient (Wildman–Crippen LogP) is 2.14. The van der Waals surface area contributed by atoms with E-state index in [9.17, 15) is 4.79 Å². The van der Waals surface area contributed by atoms with E-state index in [1.165, 1.54) is 25.8 Å².